The molecule has 0 fully saturated rings. The van der Waals surface area contributed by atoms with Crippen molar-refractivity contribution in [2.75, 3.05) is 5.43 Å². The van der Waals surface area contributed by atoms with Gasteiger partial charge in [-0.15, -0.1) is 0 Å². The van der Waals surface area contributed by atoms with E-state index < -0.39 is 5.63 Å². The third kappa shape index (κ3) is 3.22. The van der Waals surface area contributed by atoms with Crippen LogP contribution >= 0.6 is 0 Å². The first-order chi connectivity index (χ1) is 9.06. The molecular formula is C14H14N2O3. The summed E-state index contributed by atoms with van der Waals surface area (Å²) in [5.74, 6) is 0.203. The summed E-state index contributed by atoms with van der Waals surface area (Å²) in [7, 11) is 0. The van der Waals surface area contributed by atoms with E-state index in [0.717, 1.165) is 11.3 Å². The van der Waals surface area contributed by atoms with Crippen molar-refractivity contribution in [1.29, 1.82) is 0 Å². The van der Waals surface area contributed by atoms with Crippen LogP contribution in [0.5, 0.6) is 5.75 Å². The van der Waals surface area contributed by atoms with E-state index in [0.29, 0.717) is 5.76 Å². The normalized spacial score (nSPS) is 10.8. The molecule has 0 aliphatic heterocycles. The highest BCUT2D eigenvalue weighted by Gasteiger charge is 2.06. The van der Waals surface area contributed by atoms with Crippen LogP contribution in [0, 0.1) is 13.8 Å². The Morgan fingerprint density at radius 1 is 1.26 bits per heavy atom. The molecule has 0 atom stereocenters. The fourth-order valence-corrected chi connectivity index (χ4v) is 1.52. The molecule has 2 rings (SSSR count). The summed E-state index contributed by atoms with van der Waals surface area (Å²) in [6, 6.07) is 8.98. The Kier molecular flexibility index (Phi) is 3.66. The van der Waals surface area contributed by atoms with Gasteiger partial charge in [-0.1, -0.05) is 17.7 Å². The molecule has 0 radical (unpaired) electrons. The molecule has 1 aromatic carbocycles. The van der Waals surface area contributed by atoms with Gasteiger partial charge in [0.1, 0.15) is 17.1 Å². The second kappa shape index (κ2) is 5.39. The lowest BCUT2D eigenvalue weighted by Gasteiger charge is -2.01. The van der Waals surface area contributed by atoms with Crippen molar-refractivity contribution in [2.45, 2.75) is 13.8 Å². The fourth-order valence-electron chi connectivity index (χ4n) is 1.52. The van der Waals surface area contributed by atoms with Gasteiger partial charge in [-0.25, -0.2) is 4.79 Å². The van der Waals surface area contributed by atoms with Crippen LogP contribution in [0.4, 0.5) is 5.69 Å². The van der Waals surface area contributed by atoms with Crippen LogP contribution in [0.15, 0.2) is 44.6 Å². The average molecular weight is 258 g/mol. The highest BCUT2D eigenvalue weighted by molar-refractivity contribution is 5.83. The topological polar surface area (TPSA) is 74.8 Å². The number of nitrogens with one attached hydrogen (secondary N) is 1. The van der Waals surface area contributed by atoms with E-state index in [1.165, 1.54) is 12.3 Å². The summed E-state index contributed by atoms with van der Waals surface area (Å²) in [4.78, 5) is 11.5. The number of hydrogen-bond acceptors (Lipinski definition) is 5. The van der Waals surface area contributed by atoms with Gasteiger partial charge in [-0.05, 0) is 26.0 Å². The van der Waals surface area contributed by atoms with Gasteiger partial charge >= 0.3 is 5.63 Å². The molecule has 5 heteroatoms. The quantitative estimate of drug-likeness (QED) is 0.655. The molecule has 2 N–H and O–H groups in total. The summed E-state index contributed by atoms with van der Waals surface area (Å²) in [6.45, 7) is 3.58. The molecule has 0 aliphatic rings. The van der Waals surface area contributed by atoms with Gasteiger partial charge in [-0.3, -0.25) is 5.43 Å². The van der Waals surface area contributed by atoms with Gasteiger partial charge in [0.15, 0.2) is 0 Å². The molecule has 2 aromatic rings. The molecule has 98 valence electrons. The van der Waals surface area contributed by atoms with Crippen molar-refractivity contribution in [2.24, 2.45) is 5.10 Å². The molecule has 0 spiro atoms. The Bertz CT molecular complexity index is 657. The highest BCUT2D eigenvalue weighted by atomic mass is 16.4. The van der Waals surface area contributed by atoms with E-state index in [1.54, 1.807) is 6.92 Å². The van der Waals surface area contributed by atoms with Gasteiger partial charge in [0.2, 0.25) is 0 Å². The molecule has 0 saturated heterocycles. The van der Waals surface area contributed by atoms with E-state index in [1.807, 2.05) is 31.2 Å². The van der Waals surface area contributed by atoms with E-state index in [2.05, 4.69) is 10.5 Å². The number of aryl methyl sites for hydroxylation is 2. The predicted octanol–water partition coefficient (Wildman–Crippen LogP) is 2.41. The Hall–Kier alpha value is -2.56. The minimum atomic E-state index is -0.619. The molecule has 1 heterocycles. The summed E-state index contributed by atoms with van der Waals surface area (Å²) in [5.41, 5.74) is 4.10. The molecule has 0 bridgehead atoms. The number of hydrogen-bond donors (Lipinski definition) is 2. The molecule has 19 heavy (non-hydrogen) atoms. The van der Waals surface area contributed by atoms with Gasteiger partial charge in [0.05, 0.1) is 11.9 Å². The summed E-state index contributed by atoms with van der Waals surface area (Å²) >= 11 is 0. The van der Waals surface area contributed by atoms with Crippen molar-refractivity contribution >= 4 is 11.9 Å². The zero-order chi connectivity index (χ0) is 13.8. The van der Waals surface area contributed by atoms with Gasteiger partial charge in [-0.2, -0.15) is 5.10 Å². The highest BCUT2D eigenvalue weighted by Crippen LogP contribution is 2.13. The number of hydrazone groups is 1. The van der Waals surface area contributed by atoms with Crippen LogP contribution in [0.2, 0.25) is 0 Å². The first kappa shape index (κ1) is 12.9. The molecule has 0 aliphatic carbocycles. The zero-order valence-corrected chi connectivity index (χ0v) is 10.7. The Morgan fingerprint density at radius 3 is 2.58 bits per heavy atom. The van der Waals surface area contributed by atoms with Crippen LogP contribution in [-0.2, 0) is 0 Å². The fraction of sp³-hybridized carbons (Fsp3) is 0.143. The minimum absolute atomic E-state index is 0.0187. The third-order valence-electron chi connectivity index (χ3n) is 2.53. The van der Waals surface area contributed by atoms with Crippen LogP contribution in [-0.4, -0.2) is 11.3 Å². The van der Waals surface area contributed by atoms with E-state index in [-0.39, 0.29) is 11.3 Å². The summed E-state index contributed by atoms with van der Waals surface area (Å²) in [5, 5.41) is 13.5. The lowest BCUT2D eigenvalue weighted by atomic mass is 10.2. The Labute approximate surface area is 110 Å². The van der Waals surface area contributed by atoms with Crippen molar-refractivity contribution < 1.29 is 9.52 Å². The first-order valence-corrected chi connectivity index (χ1v) is 5.76. The second-order valence-electron chi connectivity index (χ2n) is 4.18. The molecule has 5 nitrogen and oxygen atoms in total. The van der Waals surface area contributed by atoms with Crippen LogP contribution in [0.25, 0.3) is 0 Å². The first-order valence-electron chi connectivity index (χ1n) is 5.76. The number of aromatic hydroxyl groups is 1. The van der Waals surface area contributed by atoms with Crippen molar-refractivity contribution in [3.8, 4) is 5.75 Å². The van der Waals surface area contributed by atoms with E-state index in [9.17, 15) is 9.90 Å². The maximum atomic E-state index is 11.5. The van der Waals surface area contributed by atoms with Crippen molar-refractivity contribution in [1.82, 2.24) is 0 Å². The van der Waals surface area contributed by atoms with E-state index in [4.69, 9.17) is 4.42 Å². The Balaban J connectivity index is 2.15. The maximum absolute atomic E-state index is 11.5. The standard InChI is InChI=1S/C14H14N2O3/c1-9-3-5-11(6-4-9)16-15-8-12-13(17)7-10(2)19-14(12)18/h3-8,16-17H,1-2H3. The summed E-state index contributed by atoms with van der Waals surface area (Å²) in [6.07, 6.45) is 1.24. The molecule has 0 amide bonds. The van der Waals surface area contributed by atoms with Crippen LogP contribution in [0.3, 0.4) is 0 Å². The lowest BCUT2D eigenvalue weighted by Crippen LogP contribution is -2.08. The SMILES string of the molecule is Cc1ccc(NN=Cc2c(O)cc(C)oc2=O)cc1. The molecule has 1 aromatic heterocycles. The van der Waals surface area contributed by atoms with Crippen molar-refractivity contribution in [3.63, 3.8) is 0 Å². The van der Waals surface area contributed by atoms with E-state index >= 15 is 0 Å². The second-order valence-corrected chi connectivity index (χ2v) is 4.18. The van der Waals surface area contributed by atoms with Gasteiger partial charge in [0.25, 0.3) is 0 Å². The molecule has 0 saturated carbocycles. The number of nitrogens with zero attached hydrogens (tertiary/aromatic N) is 1. The number of anilines is 1. The van der Waals surface area contributed by atoms with Gasteiger partial charge < -0.3 is 9.52 Å². The van der Waals surface area contributed by atoms with Crippen LogP contribution < -0.4 is 11.1 Å². The Morgan fingerprint density at radius 2 is 1.95 bits per heavy atom. The monoisotopic (exact) mass is 258 g/mol. The molecular weight excluding hydrogens is 244 g/mol. The largest absolute Gasteiger partial charge is 0.507 e. The van der Waals surface area contributed by atoms with Crippen LogP contribution in [0.1, 0.15) is 16.9 Å². The number of benzene rings is 1. The van der Waals surface area contributed by atoms with Crippen molar-refractivity contribution in [3.05, 3.63) is 57.6 Å². The zero-order valence-electron chi connectivity index (χ0n) is 10.7. The third-order valence-corrected chi connectivity index (χ3v) is 2.53. The smallest absolute Gasteiger partial charge is 0.348 e. The number of rotatable bonds is 3. The minimum Gasteiger partial charge on any atom is -0.507 e. The summed E-state index contributed by atoms with van der Waals surface area (Å²) < 4.78 is 4.87. The molecule has 0 unspecified atom stereocenters. The van der Waals surface area contributed by atoms with Gasteiger partial charge in [0, 0.05) is 6.07 Å². The predicted molar refractivity (Wildman–Crippen MR) is 73.8 cm³/mol. The maximum Gasteiger partial charge on any atom is 0.348 e. The average Bonchev–Trinajstić information content (AvgIpc) is 2.34. The lowest BCUT2D eigenvalue weighted by molar-refractivity contribution is 0.433.